The lowest BCUT2D eigenvalue weighted by Crippen LogP contribution is -2.56. The molecular formula is C15H22N2O3. The molecule has 0 spiro atoms. The van der Waals surface area contributed by atoms with E-state index in [0.29, 0.717) is 19.3 Å². The van der Waals surface area contributed by atoms with Gasteiger partial charge in [0.15, 0.2) is 0 Å². The van der Waals surface area contributed by atoms with Crippen molar-refractivity contribution in [1.29, 1.82) is 0 Å². The highest BCUT2D eigenvalue weighted by molar-refractivity contribution is 5.89. The normalized spacial score (nSPS) is 15.2. The van der Waals surface area contributed by atoms with Crippen LogP contribution in [0.2, 0.25) is 0 Å². The molecule has 0 aliphatic rings. The van der Waals surface area contributed by atoms with E-state index in [1.165, 1.54) is 6.92 Å². The summed E-state index contributed by atoms with van der Waals surface area (Å²) in [5.74, 6) is -1.48. The number of rotatable bonds is 7. The summed E-state index contributed by atoms with van der Waals surface area (Å²) in [6.07, 6.45) is 1.41. The highest BCUT2D eigenvalue weighted by atomic mass is 16.4. The van der Waals surface area contributed by atoms with Gasteiger partial charge in [-0.05, 0) is 25.3 Å². The first kappa shape index (κ1) is 16.2. The third-order valence-corrected chi connectivity index (χ3v) is 3.26. The van der Waals surface area contributed by atoms with Crippen LogP contribution in [-0.2, 0) is 16.0 Å². The van der Waals surface area contributed by atoms with Gasteiger partial charge in [-0.3, -0.25) is 4.79 Å². The molecular weight excluding hydrogens is 256 g/mol. The molecule has 0 aliphatic carbocycles. The monoisotopic (exact) mass is 278 g/mol. The molecule has 0 radical (unpaired) electrons. The van der Waals surface area contributed by atoms with Crippen LogP contribution in [0.15, 0.2) is 30.3 Å². The van der Waals surface area contributed by atoms with E-state index in [9.17, 15) is 14.7 Å². The van der Waals surface area contributed by atoms with E-state index in [-0.39, 0.29) is 0 Å². The maximum atomic E-state index is 12.0. The second kappa shape index (κ2) is 7.05. The Labute approximate surface area is 119 Å². The van der Waals surface area contributed by atoms with Crippen LogP contribution in [0.3, 0.4) is 0 Å². The smallest absolute Gasteiger partial charge is 0.329 e. The maximum absolute atomic E-state index is 12.0. The van der Waals surface area contributed by atoms with Crippen molar-refractivity contribution in [3.63, 3.8) is 0 Å². The van der Waals surface area contributed by atoms with Gasteiger partial charge < -0.3 is 16.2 Å². The third-order valence-electron chi connectivity index (χ3n) is 3.26. The third kappa shape index (κ3) is 4.35. The van der Waals surface area contributed by atoms with Crippen molar-refractivity contribution in [1.82, 2.24) is 5.32 Å². The van der Waals surface area contributed by atoms with Gasteiger partial charge in [-0.2, -0.15) is 0 Å². The summed E-state index contributed by atoms with van der Waals surface area (Å²) >= 11 is 0. The standard InChI is InChI=1S/C15H22N2O3/c1-3-9-15(2,14(19)20)17-13(18)12(16)10-11-7-5-4-6-8-11/h4-8,12H,3,9-10,16H2,1-2H3,(H,17,18)(H,19,20)/t12-,15?/m1/s1. The number of nitrogens with one attached hydrogen (secondary N) is 1. The van der Waals surface area contributed by atoms with Gasteiger partial charge in [0.2, 0.25) is 5.91 Å². The fourth-order valence-corrected chi connectivity index (χ4v) is 2.05. The Balaban J connectivity index is 2.67. The predicted molar refractivity (Wildman–Crippen MR) is 77.2 cm³/mol. The van der Waals surface area contributed by atoms with E-state index in [1.807, 2.05) is 37.3 Å². The van der Waals surface area contributed by atoms with Gasteiger partial charge in [0, 0.05) is 0 Å². The van der Waals surface area contributed by atoms with Crippen molar-refractivity contribution >= 4 is 11.9 Å². The van der Waals surface area contributed by atoms with Crippen LogP contribution in [0.1, 0.15) is 32.3 Å². The summed E-state index contributed by atoms with van der Waals surface area (Å²) in [4.78, 5) is 23.3. The lowest BCUT2D eigenvalue weighted by Gasteiger charge is -2.27. The van der Waals surface area contributed by atoms with Crippen molar-refractivity contribution in [2.24, 2.45) is 5.73 Å². The van der Waals surface area contributed by atoms with Gasteiger partial charge in [-0.1, -0.05) is 43.7 Å². The van der Waals surface area contributed by atoms with Crippen LogP contribution < -0.4 is 11.1 Å². The minimum absolute atomic E-state index is 0.367. The topological polar surface area (TPSA) is 92.4 Å². The minimum Gasteiger partial charge on any atom is -0.480 e. The Morgan fingerprint density at radius 1 is 1.35 bits per heavy atom. The largest absolute Gasteiger partial charge is 0.480 e. The highest BCUT2D eigenvalue weighted by Crippen LogP contribution is 2.13. The quantitative estimate of drug-likeness (QED) is 0.701. The predicted octanol–water partition coefficient (Wildman–Crippen LogP) is 1.32. The fourth-order valence-electron chi connectivity index (χ4n) is 2.05. The molecule has 0 aliphatic heterocycles. The summed E-state index contributed by atoms with van der Waals surface area (Å²) < 4.78 is 0. The first-order chi connectivity index (χ1) is 9.39. The Morgan fingerprint density at radius 2 is 1.95 bits per heavy atom. The minimum atomic E-state index is -1.26. The number of benzene rings is 1. The summed E-state index contributed by atoms with van der Waals surface area (Å²) in [5, 5.41) is 11.8. The Kier molecular flexibility index (Phi) is 5.70. The van der Waals surface area contributed by atoms with Crippen molar-refractivity contribution < 1.29 is 14.7 Å². The number of hydrogen-bond donors (Lipinski definition) is 3. The van der Waals surface area contributed by atoms with E-state index in [1.54, 1.807) is 0 Å². The van der Waals surface area contributed by atoms with Gasteiger partial charge in [-0.15, -0.1) is 0 Å². The number of carbonyl (C=O) groups excluding carboxylic acids is 1. The fraction of sp³-hybridized carbons (Fsp3) is 0.467. The average Bonchev–Trinajstić information content (AvgIpc) is 2.39. The van der Waals surface area contributed by atoms with Crippen LogP contribution in [-0.4, -0.2) is 28.6 Å². The zero-order valence-corrected chi connectivity index (χ0v) is 11.9. The molecule has 5 nitrogen and oxygen atoms in total. The number of amides is 1. The number of carbonyl (C=O) groups is 2. The number of carboxylic acids is 1. The van der Waals surface area contributed by atoms with Crippen molar-refractivity contribution in [3.8, 4) is 0 Å². The molecule has 1 aromatic carbocycles. The number of hydrogen-bond acceptors (Lipinski definition) is 3. The summed E-state index contributed by atoms with van der Waals surface area (Å²) in [7, 11) is 0. The second-order valence-electron chi connectivity index (χ2n) is 5.17. The van der Waals surface area contributed by atoms with Crippen LogP contribution >= 0.6 is 0 Å². The molecule has 110 valence electrons. The Hall–Kier alpha value is -1.88. The van der Waals surface area contributed by atoms with Crippen LogP contribution in [0, 0.1) is 0 Å². The lowest BCUT2D eigenvalue weighted by molar-refractivity contribution is -0.147. The molecule has 1 amide bonds. The van der Waals surface area contributed by atoms with E-state index in [0.717, 1.165) is 5.56 Å². The lowest BCUT2D eigenvalue weighted by atomic mass is 9.95. The molecule has 0 fully saturated rings. The SMILES string of the molecule is CCCC(C)(NC(=O)[C@H](N)Cc1ccccc1)C(=O)O. The zero-order chi connectivity index (χ0) is 15.2. The molecule has 0 bridgehead atoms. The average molecular weight is 278 g/mol. The summed E-state index contributed by atoms with van der Waals surface area (Å²) in [6.45, 7) is 3.38. The molecule has 5 heteroatoms. The molecule has 1 rings (SSSR count). The van der Waals surface area contributed by atoms with Crippen molar-refractivity contribution in [2.75, 3.05) is 0 Å². The molecule has 1 unspecified atom stereocenters. The van der Waals surface area contributed by atoms with Crippen LogP contribution in [0.4, 0.5) is 0 Å². The molecule has 0 saturated heterocycles. The van der Waals surface area contributed by atoms with Crippen LogP contribution in [0.25, 0.3) is 0 Å². The molecule has 0 aromatic heterocycles. The second-order valence-corrected chi connectivity index (χ2v) is 5.17. The number of carboxylic acid groups (broad SMARTS) is 1. The van der Waals surface area contributed by atoms with E-state index in [4.69, 9.17) is 5.73 Å². The van der Waals surface area contributed by atoms with E-state index < -0.39 is 23.5 Å². The molecule has 0 heterocycles. The Bertz CT molecular complexity index is 461. The van der Waals surface area contributed by atoms with Crippen molar-refractivity contribution in [2.45, 2.75) is 44.7 Å². The van der Waals surface area contributed by atoms with E-state index in [2.05, 4.69) is 5.32 Å². The van der Waals surface area contributed by atoms with Gasteiger partial charge in [-0.25, -0.2) is 4.79 Å². The van der Waals surface area contributed by atoms with Gasteiger partial charge in [0.05, 0.1) is 6.04 Å². The van der Waals surface area contributed by atoms with Gasteiger partial charge >= 0.3 is 5.97 Å². The zero-order valence-electron chi connectivity index (χ0n) is 11.9. The van der Waals surface area contributed by atoms with Crippen molar-refractivity contribution in [3.05, 3.63) is 35.9 Å². The maximum Gasteiger partial charge on any atom is 0.329 e. The molecule has 1 aromatic rings. The van der Waals surface area contributed by atoms with Gasteiger partial charge in [0.25, 0.3) is 0 Å². The molecule has 0 saturated carbocycles. The first-order valence-electron chi connectivity index (χ1n) is 6.74. The van der Waals surface area contributed by atoms with Crippen LogP contribution in [0.5, 0.6) is 0 Å². The first-order valence-corrected chi connectivity index (χ1v) is 6.74. The van der Waals surface area contributed by atoms with E-state index >= 15 is 0 Å². The summed E-state index contributed by atoms with van der Waals surface area (Å²) in [6, 6.07) is 8.65. The van der Waals surface area contributed by atoms with Gasteiger partial charge in [0.1, 0.15) is 5.54 Å². The molecule has 20 heavy (non-hydrogen) atoms. The number of nitrogens with two attached hydrogens (primary N) is 1. The Morgan fingerprint density at radius 3 is 2.45 bits per heavy atom. The molecule has 2 atom stereocenters. The summed E-state index contributed by atoms with van der Waals surface area (Å²) in [5.41, 5.74) is 5.53. The molecule has 4 N–H and O–H groups in total. The number of aliphatic carboxylic acids is 1. The highest BCUT2D eigenvalue weighted by Gasteiger charge is 2.35.